The third-order valence-electron chi connectivity index (χ3n) is 3.07. The van der Waals surface area contributed by atoms with Gasteiger partial charge in [-0.3, -0.25) is 4.79 Å². The van der Waals surface area contributed by atoms with Crippen LogP contribution in [0.1, 0.15) is 12.5 Å². The molecule has 1 aliphatic heterocycles. The molecule has 1 aromatic rings. The summed E-state index contributed by atoms with van der Waals surface area (Å²) in [6, 6.07) is 10.3. The highest BCUT2D eigenvalue weighted by Crippen LogP contribution is 2.18. The number of hydrogen-bond donors (Lipinski definition) is 1. The van der Waals surface area contributed by atoms with Crippen LogP contribution in [-0.4, -0.2) is 24.4 Å². The van der Waals surface area contributed by atoms with E-state index in [1.165, 1.54) is 5.56 Å². The van der Waals surface area contributed by atoms with E-state index in [-0.39, 0.29) is 5.91 Å². The van der Waals surface area contributed by atoms with Gasteiger partial charge in [0.2, 0.25) is 5.91 Å². The minimum Gasteiger partial charge on any atom is -0.373 e. The summed E-state index contributed by atoms with van der Waals surface area (Å²) in [5.41, 5.74) is 2.37. The summed E-state index contributed by atoms with van der Waals surface area (Å²) in [5.74, 6) is 0.388. The molecule has 0 aromatic heterocycles. The molecule has 1 aromatic carbocycles. The number of rotatable bonds is 3. The Morgan fingerprint density at radius 3 is 2.76 bits per heavy atom. The monoisotopic (exact) mass is 230 g/mol. The zero-order valence-corrected chi connectivity index (χ0v) is 10.3. The fourth-order valence-corrected chi connectivity index (χ4v) is 2.12. The number of nitrogens with zero attached hydrogens (tertiary/aromatic N) is 1. The van der Waals surface area contributed by atoms with E-state index in [4.69, 9.17) is 0 Å². The van der Waals surface area contributed by atoms with Gasteiger partial charge in [0, 0.05) is 37.8 Å². The largest absolute Gasteiger partial charge is 0.373 e. The molecule has 1 aliphatic rings. The molecule has 1 N–H and O–H groups in total. The van der Waals surface area contributed by atoms with Gasteiger partial charge in [0.15, 0.2) is 0 Å². The summed E-state index contributed by atoms with van der Waals surface area (Å²) in [4.78, 5) is 13.5. The van der Waals surface area contributed by atoms with Crippen molar-refractivity contribution in [2.24, 2.45) is 5.92 Å². The fourth-order valence-electron chi connectivity index (χ4n) is 2.12. The first kappa shape index (κ1) is 11.7. The Morgan fingerprint density at radius 1 is 1.35 bits per heavy atom. The zero-order chi connectivity index (χ0) is 12.3. The molecule has 0 radical (unpaired) electrons. The molecule has 0 saturated carbocycles. The van der Waals surface area contributed by atoms with E-state index in [0.29, 0.717) is 5.92 Å². The van der Waals surface area contributed by atoms with E-state index in [0.717, 1.165) is 18.8 Å². The van der Waals surface area contributed by atoms with Crippen molar-refractivity contribution in [1.82, 2.24) is 10.2 Å². The second kappa shape index (κ2) is 5.04. The maximum atomic E-state index is 11.4. The maximum Gasteiger partial charge on any atom is 0.245 e. The van der Waals surface area contributed by atoms with Crippen molar-refractivity contribution in [2.45, 2.75) is 13.5 Å². The molecule has 3 nitrogen and oxygen atoms in total. The Labute approximate surface area is 102 Å². The predicted octanol–water partition coefficient (Wildman–Crippen LogP) is 1.77. The SMILES string of the molecule is CC1CNC(=O)C=C1N(C)Cc1ccccc1. The third kappa shape index (κ3) is 2.87. The first-order chi connectivity index (χ1) is 8.16. The molecular formula is C14H18N2O. The van der Waals surface area contributed by atoms with Crippen LogP contribution < -0.4 is 5.32 Å². The van der Waals surface area contributed by atoms with Crippen molar-refractivity contribution < 1.29 is 4.79 Å². The van der Waals surface area contributed by atoms with Gasteiger partial charge in [-0.1, -0.05) is 37.3 Å². The van der Waals surface area contributed by atoms with E-state index < -0.39 is 0 Å². The maximum absolute atomic E-state index is 11.4. The molecule has 2 rings (SSSR count). The highest BCUT2D eigenvalue weighted by Gasteiger charge is 2.19. The molecule has 1 heterocycles. The molecule has 0 saturated heterocycles. The predicted molar refractivity (Wildman–Crippen MR) is 68.2 cm³/mol. The smallest absolute Gasteiger partial charge is 0.245 e. The number of carbonyl (C=O) groups excluding carboxylic acids is 1. The quantitative estimate of drug-likeness (QED) is 0.858. The number of benzene rings is 1. The standard InChI is InChI=1S/C14H18N2O/c1-11-9-15-14(17)8-13(11)16(2)10-12-6-4-3-5-7-12/h3-8,11H,9-10H2,1-2H3,(H,15,17). The van der Waals surface area contributed by atoms with Gasteiger partial charge in [0.05, 0.1) is 0 Å². The average Bonchev–Trinajstić information content (AvgIpc) is 2.33. The summed E-state index contributed by atoms with van der Waals surface area (Å²) in [6.07, 6.45) is 1.71. The minimum absolute atomic E-state index is 0.0120. The molecule has 90 valence electrons. The summed E-state index contributed by atoms with van der Waals surface area (Å²) in [5, 5.41) is 2.84. The Balaban J connectivity index is 2.09. The molecule has 1 atom stereocenters. The lowest BCUT2D eigenvalue weighted by Gasteiger charge is -2.30. The molecule has 0 bridgehead atoms. The Bertz CT molecular complexity index is 425. The van der Waals surface area contributed by atoms with Gasteiger partial charge in [-0.05, 0) is 5.56 Å². The van der Waals surface area contributed by atoms with E-state index in [1.54, 1.807) is 6.08 Å². The second-order valence-corrected chi connectivity index (χ2v) is 4.56. The van der Waals surface area contributed by atoms with E-state index in [1.807, 2.05) is 25.2 Å². The minimum atomic E-state index is 0.0120. The highest BCUT2D eigenvalue weighted by atomic mass is 16.1. The molecule has 0 fully saturated rings. The summed E-state index contributed by atoms with van der Waals surface area (Å²) >= 11 is 0. The van der Waals surface area contributed by atoms with Gasteiger partial charge in [0.1, 0.15) is 0 Å². The van der Waals surface area contributed by atoms with Crippen molar-refractivity contribution >= 4 is 5.91 Å². The normalized spacial score (nSPS) is 19.5. The molecule has 1 unspecified atom stereocenters. The Kier molecular flexibility index (Phi) is 3.47. The Hall–Kier alpha value is -1.77. The van der Waals surface area contributed by atoms with Gasteiger partial charge < -0.3 is 10.2 Å². The van der Waals surface area contributed by atoms with Crippen LogP contribution in [0.3, 0.4) is 0 Å². The lowest BCUT2D eigenvalue weighted by atomic mass is 10.0. The molecule has 0 aliphatic carbocycles. The van der Waals surface area contributed by atoms with Crippen LogP contribution >= 0.6 is 0 Å². The van der Waals surface area contributed by atoms with E-state index >= 15 is 0 Å². The fraction of sp³-hybridized carbons (Fsp3) is 0.357. The van der Waals surface area contributed by atoms with Gasteiger partial charge >= 0.3 is 0 Å². The highest BCUT2D eigenvalue weighted by molar-refractivity contribution is 5.89. The first-order valence-electron chi connectivity index (χ1n) is 5.91. The van der Waals surface area contributed by atoms with Crippen LogP contribution in [0.4, 0.5) is 0 Å². The van der Waals surface area contributed by atoms with Crippen molar-refractivity contribution in [3.05, 3.63) is 47.7 Å². The topological polar surface area (TPSA) is 32.3 Å². The molecule has 1 amide bonds. The number of carbonyl (C=O) groups is 1. The van der Waals surface area contributed by atoms with Gasteiger partial charge in [-0.2, -0.15) is 0 Å². The van der Waals surface area contributed by atoms with Crippen LogP contribution in [-0.2, 0) is 11.3 Å². The van der Waals surface area contributed by atoms with Crippen molar-refractivity contribution in [2.75, 3.05) is 13.6 Å². The van der Waals surface area contributed by atoms with Crippen LogP contribution in [0.15, 0.2) is 42.1 Å². The van der Waals surface area contributed by atoms with Gasteiger partial charge in [-0.15, -0.1) is 0 Å². The number of amides is 1. The Morgan fingerprint density at radius 2 is 2.06 bits per heavy atom. The zero-order valence-electron chi connectivity index (χ0n) is 10.3. The average molecular weight is 230 g/mol. The molecular weight excluding hydrogens is 212 g/mol. The second-order valence-electron chi connectivity index (χ2n) is 4.56. The molecule has 0 spiro atoms. The van der Waals surface area contributed by atoms with Crippen LogP contribution in [0.2, 0.25) is 0 Å². The van der Waals surface area contributed by atoms with Crippen LogP contribution in [0, 0.1) is 5.92 Å². The summed E-state index contributed by atoms with van der Waals surface area (Å²) in [7, 11) is 2.04. The number of nitrogens with one attached hydrogen (secondary N) is 1. The van der Waals surface area contributed by atoms with Crippen molar-refractivity contribution in [1.29, 1.82) is 0 Å². The van der Waals surface area contributed by atoms with Crippen molar-refractivity contribution in [3.63, 3.8) is 0 Å². The first-order valence-corrected chi connectivity index (χ1v) is 5.91. The molecule has 17 heavy (non-hydrogen) atoms. The van der Waals surface area contributed by atoms with Gasteiger partial charge in [0.25, 0.3) is 0 Å². The van der Waals surface area contributed by atoms with Crippen LogP contribution in [0.5, 0.6) is 0 Å². The lowest BCUT2D eigenvalue weighted by molar-refractivity contribution is -0.117. The third-order valence-corrected chi connectivity index (χ3v) is 3.07. The summed E-state index contributed by atoms with van der Waals surface area (Å²) in [6.45, 7) is 3.70. The van der Waals surface area contributed by atoms with E-state index in [9.17, 15) is 4.79 Å². The van der Waals surface area contributed by atoms with Gasteiger partial charge in [-0.25, -0.2) is 0 Å². The van der Waals surface area contributed by atoms with E-state index in [2.05, 4.69) is 29.3 Å². The van der Waals surface area contributed by atoms with Crippen molar-refractivity contribution in [3.8, 4) is 0 Å². The molecule has 3 heteroatoms. The number of hydrogen-bond acceptors (Lipinski definition) is 2. The van der Waals surface area contributed by atoms with Crippen LogP contribution in [0.25, 0.3) is 0 Å². The lowest BCUT2D eigenvalue weighted by Crippen LogP contribution is -2.37. The summed E-state index contributed by atoms with van der Waals surface area (Å²) < 4.78 is 0.